The lowest BCUT2D eigenvalue weighted by molar-refractivity contribution is -0.130. The number of hydrogen-bond acceptors (Lipinski definition) is 7. The molecule has 2 aromatic carbocycles. The van der Waals surface area contributed by atoms with Gasteiger partial charge in [0.15, 0.2) is 0 Å². The second-order valence-corrected chi connectivity index (χ2v) is 8.15. The van der Waals surface area contributed by atoms with Crippen LogP contribution >= 0.6 is 0 Å². The molecule has 1 saturated heterocycles. The van der Waals surface area contributed by atoms with Gasteiger partial charge in [-0.05, 0) is 19.1 Å². The molecule has 4 rings (SSSR count). The number of amides is 2. The molecule has 9 nitrogen and oxygen atoms in total. The van der Waals surface area contributed by atoms with Crippen LogP contribution in [-0.2, 0) is 4.79 Å². The minimum Gasteiger partial charge on any atom is -0.481 e. The van der Waals surface area contributed by atoms with E-state index in [2.05, 4.69) is 9.97 Å². The lowest BCUT2D eigenvalue weighted by atomic mass is 10.0. The molecule has 1 fully saturated rings. The number of methoxy groups -OCH3 is 2. The summed E-state index contributed by atoms with van der Waals surface area (Å²) in [4.78, 5) is 50.3. The van der Waals surface area contributed by atoms with Crippen molar-refractivity contribution in [2.24, 2.45) is 0 Å². The van der Waals surface area contributed by atoms with Crippen molar-refractivity contribution in [2.45, 2.75) is 13.0 Å². The summed E-state index contributed by atoms with van der Waals surface area (Å²) in [5.41, 5.74) is 2.16. The lowest BCUT2D eigenvalue weighted by Crippen LogP contribution is -2.56. The minimum atomic E-state index is -0.593. The van der Waals surface area contributed by atoms with E-state index in [0.717, 1.165) is 5.56 Å². The molecule has 2 amide bonds. The first-order chi connectivity index (χ1) is 16.9. The van der Waals surface area contributed by atoms with Crippen molar-refractivity contribution in [1.29, 1.82) is 0 Å². The van der Waals surface area contributed by atoms with E-state index in [-0.39, 0.29) is 23.5 Å². The normalized spacial score (nSPS) is 15.5. The van der Waals surface area contributed by atoms with Gasteiger partial charge in [0, 0.05) is 48.4 Å². The SMILES string of the molecule is COc1cc(-c2ccc(C(=O)C(=O)N3CCN(C(=O)c4ccccc4)C[C@H]3C)cc2)nc(OC)n1. The fraction of sp³-hybridized carbons (Fsp3) is 0.269. The van der Waals surface area contributed by atoms with E-state index < -0.39 is 11.7 Å². The number of piperazine rings is 1. The average Bonchev–Trinajstić information content (AvgIpc) is 2.92. The molecule has 1 aliphatic rings. The summed E-state index contributed by atoms with van der Waals surface area (Å²) in [5.74, 6) is -0.906. The van der Waals surface area contributed by atoms with Gasteiger partial charge in [-0.25, -0.2) is 0 Å². The lowest BCUT2D eigenvalue weighted by Gasteiger charge is -2.39. The molecule has 0 saturated carbocycles. The van der Waals surface area contributed by atoms with E-state index >= 15 is 0 Å². The van der Waals surface area contributed by atoms with Crippen LogP contribution in [0.5, 0.6) is 11.9 Å². The number of rotatable bonds is 6. The molecule has 0 bridgehead atoms. The molecule has 1 aromatic heterocycles. The Bertz CT molecular complexity index is 1210. The van der Waals surface area contributed by atoms with Gasteiger partial charge in [0.2, 0.25) is 11.7 Å². The third kappa shape index (κ3) is 5.13. The average molecular weight is 475 g/mol. The van der Waals surface area contributed by atoms with Crippen LogP contribution in [0.2, 0.25) is 0 Å². The Morgan fingerprint density at radius 1 is 0.886 bits per heavy atom. The zero-order chi connectivity index (χ0) is 24.9. The highest BCUT2D eigenvalue weighted by Gasteiger charge is 2.33. The van der Waals surface area contributed by atoms with E-state index in [1.807, 2.05) is 25.1 Å². The smallest absolute Gasteiger partial charge is 0.320 e. The Kier molecular flexibility index (Phi) is 7.05. The van der Waals surface area contributed by atoms with Crippen LogP contribution < -0.4 is 9.47 Å². The summed E-state index contributed by atoms with van der Waals surface area (Å²) in [5, 5.41) is 0. The Morgan fingerprint density at radius 3 is 2.23 bits per heavy atom. The predicted octanol–water partition coefficient (Wildman–Crippen LogP) is 2.72. The molecule has 3 aromatic rings. The van der Waals surface area contributed by atoms with E-state index in [1.165, 1.54) is 19.1 Å². The maximum Gasteiger partial charge on any atom is 0.320 e. The van der Waals surface area contributed by atoms with Crippen LogP contribution in [0, 0.1) is 0 Å². The van der Waals surface area contributed by atoms with Crippen molar-refractivity contribution >= 4 is 17.6 Å². The molecular formula is C26H26N4O5. The quantitative estimate of drug-likeness (QED) is 0.400. The number of nitrogens with zero attached hydrogens (tertiary/aromatic N) is 4. The van der Waals surface area contributed by atoms with Gasteiger partial charge in [-0.15, -0.1) is 0 Å². The largest absolute Gasteiger partial charge is 0.481 e. The number of carbonyl (C=O) groups is 3. The topological polar surface area (TPSA) is 102 Å². The summed E-state index contributed by atoms with van der Waals surface area (Å²) in [6, 6.07) is 17.2. The number of ether oxygens (including phenoxy) is 2. The second-order valence-electron chi connectivity index (χ2n) is 8.15. The number of ketones is 1. The second kappa shape index (κ2) is 10.3. The highest BCUT2D eigenvalue weighted by Crippen LogP contribution is 2.24. The summed E-state index contributed by atoms with van der Waals surface area (Å²) >= 11 is 0. The third-order valence-electron chi connectivity index (χ3n) is 5.91. The third-order valence-corrected chi connectivity index (χ3v) is 5.91. The zero-order valence-corrected chi connectivity index (χ0v) is 19.8. The maximum atomic E-state index is 13.0. The van der Waals surface area contributed by atoms with E-state index in [4.69, 9.17) is 9.47 Å². The van der Waals surface area contributed by atoms with E-state index in [0.29, 0.717) is 36.8 Å². The van der Waals surface area contributed by atoms with Gasteiger partial charge in [-0.3, -0.25) is 14.4 Å². The standard InChI is InChI=1S/C26H26N4O5/c1-17-16-29(24(32)20-7-5-4-6-8-20)13-14-30(17)25(33)23(31)19-11-9-18(10-12-19)21-15-22(34-2)28-26(27-21)35-3/h4-12,15,17H,13-14,16H2,1-3H3/t17-/m1/s1. The number of benzene rings is 2. The zero-order valence-electron chi connectivity index (χ0n) is 19.8. The van der Waals surface area contributed by atoms with Crippen molar-refractivity contribution in [3.05, 3.63) is 71.8 Å². The minimum absolute atomic E-state index is 0.0792. The Balaban J connectivity index is 1.44. The summed E-state index contributed by atoms with van der Waals surface area (Å²) in [7, 11) is 2.96. The van der Waals surface area contributed by atoms with Crippen LogP contribution in [0.25, 0.3) is 11.3 Å². The number of Topliss-reactive ketones (excluding diaryl/α,β-unsaturated/α-hetero) is 1. The fourth-order valence-electron chi connectivity index (χ4n) is 4.00. The molecule has 0 unspecified atom stereocenters. The van der Waals surface area contributed by atoms with Crippen LogP contribution in [0.4, 0.5) is 0 Å². The Hall–Kier alpha value is -4.27. The van der Waals surface area contributed by atoms with Crippen LogP contribution in [0.3, 0.4) is 0 Å². The molecule has 1 atom stereocenters. The molecule has 35 heavy (non-hydrogen) atoms. The van der Waals surface area contributed by atoms with Crippen LogP contribution in [0.15, 0.2) is 60.7 Å². The molecule has 0 spiro atoms. The first-order valence-electron chi connectivity index (χ1n) is 11.2. The van der Waals surface area contributed by atoms with Gasteiger partial charge in [0.25, 0.3) is 11.8 Å². The van der Waals surface area contributed by atoms with Crippen LogP contribution in [-0.4, -0.2) is 77.3 Å². The summed E-state index contributed by atoms with van der Waals surface area (Å²) in [6.45, 7) is 2.87. The van der Waals surface area contributed by atoms with Crippen LogP contribution in [0.1, 0.15) is 27.6 Å². The van der Waals surface area contributed by atoms with Gasteiger partial charge in [-0.1, -0.05) is 42.5 Å². The predicted molar refractivity (Wildman–Crippen MR) is 128 cm³/mol. The molecule has 2 heterocycles. The molecule has 0 aliphatic carbocycles. The Morgan fingerprint density at radius 2 is 1.60 bits per heavy atom. The maximum absolute atomic E-state index is 13.0. The molecule has 0 radical (unpaired) electrons. The highest BCUT2D eigenvalue weighted by atomic mass is 16.5. The van der Waals surface area contributed by atoms with Gasteiger partial charge in [0.1, 0.15) is 0 Å². The highest BCUT2D eigenvalue weighted by molar-refractivity contribution is 6.42. The summed E-state index contributed by atoms with van der Waals surface area (Å²) in [6.07, 6.45) is 0. The molecule has 0 N–H and O–H groups in total. The monoisotopic (exact) mass is 474 g/mol. The van der Waals surface area contributed by atoms with Gasteiger partial charge >= 0.3 is 6.01 Å². The van der Waals surface area contributed by atoms with Gasteiger partial charge in [-0.2, -0.15) is 9.97 Å². The van der Waals surface area contributed by atoms with E-state index in [9.17, 15) is 14.4 Å². The van der Waals surface area contributed by atoms with Crippen molar-refractivity contribution in [1.82, 2.24) is 19.8 Å². The number of carbonyl (C=O) groups excluding carboxylic acids is 3. The Labute approximate surface area is 203 Å². The van der Waals surface area contributed by atoms with Crippen molar-refractivity contribution < 1.29 is 23.9 Å². The van der Waals surface area contributed by atoms with Crippen molar-refractivity contribution in [2.75, 3.05) is 33.9 Å². The van der Waals surface area contributed by atoms with Crippen molar-refractivity contribution in [3.63, 3.8) is 0 Å². The summed E-state index contributed by atoms with van der Waals surface area (Å²) < 4.78 is 10.3. The fourth-order valence-corrected chi connectivity index (χ4v) is 4.00. The van der Waals surface area contributed by atoms with Crippen molar-refractivity contribution in [3.8, 4) is 23.1 Å². The molecular weight excluding hydrogens is 448 g/mol. The molecule has 1 aliphatic heterocycles. The van der Waals surface area contributed by atoms with Gasteiger partial charge < -0.3 is 19.3 Å². The number of hydrogen-bond donors (Lipinski definition) is 0. The molecule has 180 valence electrons. The first-order valence-corrected chi connectivity index (χ1v) is 11.2. The van der Waals surface area contributed by atoms with E-state index in [1.54, 1.807) is 47.4 Å². The molecule has 9 heteroatoms. The van der Waals surface area contributed by atoms with Gasteiger partial charge in [0.05, 0.1) is 19.9 Å². The first kappa shape index (κ1) is 23.9. The number of aromatic nitrogens is 2.